The molecule has 40 heavy (non-hydrogen) atoms. The molecule has 7 aromatic carbocycles. The monoisotopic (exact) mass is 506 g/mol. The summed E-state index contributed by atoms with van der Waals surface area (Å²) in [5.41, 5.74) is 5.72. The number of hydrogen-bond donors (Lipinski definition) is 0. The standard InChI is InChI=1S/C20H12.C20H14/c1-2-8-16-15(7-1)17-9-3-5-13-11-12-14-6-4-10-18(16)20(14)19(13)17;1-2-7-17-15(4-1)12-16-9-8-13-5-3-6-14-10-11-18(17)20(16)19(13)14/h1-12H;1-12,17-18H. The van der Waals surface area contributed by atoms with Gasteiger partial charge >= 0.3 is 0 Å². The number of benzene rings is 7. The van der Waals surface area contributed by atoms with Gasteiger partial charge in [0.1, 0.15) is 0 Å². The predicted octanol–water partition coefficient (Wildman–Crippen LogP) is 10.8. The molecule has 0 aliphatic heterocycles. The van der Waals surface area contributed by atoms with Gasteiger partial charge in [0.25, 0.3) is 0 Å². The predicted molar refractivity (Wildman–Crippen MR) is 173 cm³/mol. The lowest BCUT2D eigenvalue weighted by Gasteiger charge is -2.34. The van der Waals surface area contributed by atoms with Crippen LogP contribution < -0.4 is 0 Å². The Balaban J connectivity index is 0.000000115. The summed E-state index contributed by atoms with van der Waals surface area (Å²) >= 11 is 0. The molecule has 0 heteroatoms. The number of allylic oxidation sites excluding steroid dienone is 6. The van der Waals surface area contributed by atoms with E-state index < -0.39 is 0 Å². The summed E-state index contributed by atoms with van der Waals surface area (Å²) in [6.07, 6.45) is 16.0. The third-order valence-electron chi connectivity index (χ3n) is 9.17. The number of hydrogen-bond acceptors (Lipinski definition) is 0. The van der Waals surface area contributed by atoms with Crippen LogP contribution in [0.2, 0.25) is 0 Å². The van der Waals surface area contributed by atoms with E-state index in [0.29, 0.717) is 11.8 Å². The molecule has 0 bridgehead atoms. The van der Waals surface area contributed by atoms with Gasteiger partial charge in [-0.05, 0) is 76.1 Å². The molecule has 0 spiro atoms. The van der Waals surface area contributed by atoms with Gasteiger partial charge in [0.15, 0.2) is 0 Å². The summed E-state index contributed by atoms with van der Waals surface area (Å²) in [6.45, 7) is 0. The van der Waals surface area contributed by atoms with Gasteiger partial charge in [-0.2, -0.15) is 0 Å². The quantitative estimate of drug-likeness (QED) is 0.142. The minimum atomic E-state index is 0.491. The molecule has 0 aromatic heterocycles. The largest absolute Gasteiger partial charge is 0.0761 e. The van der Waals surface area contributed by atoms with Gasteiger partial charge in [-0.15, -0.1) is 0 Å². The second-order valence-electron chi connectivity index (χ2n) is 11.2. The summed E-state index contributed by atoms with van der Waals surface area (Å²) in [4.78, 5) is 0. The van der Waals surface area contributed by atoms with Crippen LogP contribution in [0, 0.1) is 5.92 Å². The Kier molecular flexibility index (Phi) is 4.54. The maximum absolute atomic E-state index is 2.39. The molecule has 3 aliphatic carbocycles. The van der Waals surface area contributed by atoms with Crippen molar-refractivity contribution >= 4 is 66.0 Å². The summed E-state index contributed by atoms with van der Waals surface area (Å²) in [5.74, 6) is 0.993. The van der Waals surface area contributed by atoms with Gasteiger partial charge in [-0.25, -0.2) is 0 Å². The molecular weight excluding hydrogens is 480 g/mol. The highest BCUT2D eigenvalue weighted by molar-refractivity contribution is 6.33. The van der Waals surface area contributed by atoms with Crippen molar-refractivity contribution in [1.82, 2.24) is 0 Å². The smallest absolute Gasteiger partial charge is 0.0137 e. The molecule has 186 valence electrons. The molecule has 7 aromatic rings. The molecule has 10 rings (SSSR count). The first-order valence-corrected chi connectivity index (χ1v) is 14.2. The lowest BCUT2D eigenvalue weighted by atomic mass is 9.69. The van der Waals surface area contributed by atoms with Gasteiger partial charge in [0, 0.05) is 11.8 Å². The summed E-state index contributed by atoms with van der Waals surface area (Å²) in [6, 6.07) is 37.6. The first-order chi connectivity index (χ1) is 19.8. The normalized spacial score (nSPS) is 18.4. The van der Waals surface area contributed by atoms with Gasteiger partial charge in [0.05, 0.1) is 0 Å². The van der Waals surface area contributed by atoms with Crippen LogP contribution in [0.15, 0.2) is 139 Å². The Bertz CT molecular complexity index is 2180. The molecule has 0 nitrogen and oxygen atoms in total. The second-order valence-corrected chi connectivity index (χ2v) is 11.2. The van der Waals surface area contributed by atoms with Crippen molar-refractivity contribution < 1.29 is 0 Å². The molecule has 0 saturated heterocycles. The fourth-order valence-corrected chi connectivity index (χ4v) is 7.46. The second kappa shape index (κ2) is 8.28. The van der Waals surface area contributed by atoms with E-state index in [1.54, 1.807) is 0 Å². The third-order valence-corrected chi connectivity index (χ3v) is 9.17. The van der Waals surface area contributed by atoms with Gasteiger partial charge in [0.2, 0.25) is 0 Å². The van der Waals surface area contributed by atoms with Crippen LogP contribution in [0.3, 0.4) is 0 Å². The Morgan fingerprint density at radius 3 is 1.75 bits per heavy atom. The zero-order valence-corrected chi connectivity index (χ0v) is 22.0. The van der Waals surface area contributed by atoms with E-state index in [2.05, 4.69) is 146 Å². The Labute approximate surface area is 233 Å². The minimum absolute atomic E-state index is 0.491. The van der Waals surface area contributed by atoms with E-state index in [0.717, 1.165) is 0 Å². The minimum Gasteiger partial charge on any atom is -0.0761 e. The van der Waals surface area contributed by atoms with Crippen molar-refractivity contribution in [1.29, 1.82) is 0 Å². The number of rotatable bonds is 0. The highest BCUT2D eigenvalue weighted by atomic mass is 14.3. The average Bonchev–Trinajstić information content (AvgIpc) is 3.03. The molecule has 0 saturated carbocycles. The third kappa shape index (κ3) is 3.02. The molecule has 0 heterocycles. The molecule has 0 radical (unpaired) electrons. The zero-order valence-electron chi connectivity index (χ0n) is 22.0. The van der Waals surface area contributed by atoms with Crippen LogP contribution in [0.25, 0.3) is 66.0 Å². The highest BCUT2D eigenvalue weighted by Crippen LogP contribution is 2.48. The van der Waals surface area contributed by atoms with Crippen LogP contribution in [-0.2, 0) is 0 Å². The maximum Gasteiger partial charge on any atom is 0.0137 e. The van der Waals surface area contributed by atoms with E-state index >= 15 is 0 Å². The first kappa shape index (κ1) is 21.9. The molecule has 2 atom stereocenters. The molecule has 3 aliphatic rings. The SMILES string of the molecule is C1=CC2=Cc3ccc4cccc5c4c3C(C=C5)C2C=C1.c1ccc2c(c1)c1cccc3ccc4cccc2c4c31. The molecule has 2 unspecified atom stereocenters. The van der Waals surface area contributed by atoms with Crippen molar-refractivity contribution in [3.63, 3.8) is 0 Å². The van der Waals surface area contributed by atoms with Gasteiger partial charge < -0.3 is 0 Å². The van der Waals surface area contributed by atoms with E-state index in [4.69, 9.17) is 0 Å². The van der Waals surface area contributed by atoms with E-state index in [1.807, 2.05) is 0 Å². The Morgan fingerprint density at radius 2 is 1.02 bits per heavy atom. The van der Waals surface area contributed by atoms with Crippen molar-refractivity contribution in [2.45, 2.75) is 5.92 Å². The van der Waals surface area contributed by atoms with Crippen LogP contribution in [0.4, 0.5) is 0 Å². The van der Waals surface area contributed by atoms with Crippen LogP contribution in [0.1, 0.15) is 22.6 Å². The molecule has 0 N–H and O–H groups in total. The zero-order chi connectivity index (χ0) is 26.2. The summed E-state index contributed by atoms with van der Waals surface area (Å²) in [7, 11) is 0. The lowest BCUT2D eigenvalue weighted by molar-refractivity contribution is 0.676. The van der Waals surface area contributed by atoms with E-state index in [-0.39, 0.29) is 0 Å². The van der Waals surface area contributed by atoms with E-state index in [9.17, 15) is 0 Å². The van der Waals surface area contributed by atoms with E-state index in [1.165, 1.54) is 76.1 Å². The Hall–Kier alpha value is -4.94. The van der Waals surface area contributed by atoms with Gasteiger partial charge in [-0.1, -0.05) is 146 Å². The topological polar surface area (TPSA) is 0 Å². The fourth-order valence-electron chi connectivity index (χ4n) is 7.46. The maximum atomic E-state index is 2.39. The lowest BCUT2D eigenvalue weighted by Crippen LogP contribution is -2.19. The van der Waals surface area contributed by atoms with Crippen molar-refractivity contribution in [3.05, 3.63) is 156 Å². The summed E-state index contributed by atoms with van der Waals surface area (Å²) in [5, 5.41) is 13.7. The van der Waals surface area contributed by atoms with Crippen LogP contribution >= 0.6 is 0 Å². The van der Waals surface area contributed by atoms with Crippen molar-refractivity contribution in [3.8, 4) is 0 Å². The Morgan fingerprint density at radius 1 is 0.400 bits per heavy atom. The number of fused-ring (bicyclic) bond motifs is 5. The van der Waals surface area contributed by atoms with Crippen molar-refractivity contribution in [2.24, 2.45) is 5.92 Å². The molecular formula is C40H26. The summed E-state index contributed by atoms with van der Waals surface area (Å²) < 4.78 is 0. The van der Waals surface area contributed by atoms with Gasteiger partial charge in [-0.3, -0.25) is 0 Å². The molecule has 0 fully saturated rings. The molecule has 0 amide bonds. The van der Waals surface area contributed by atoms with Crippen LogP contribution in [0.5, 0.6) is 0 Å². The first-order valence-electron chi connectivity index (χ1n) is 14.2. The van der Waals surface area contributed by atoms with Crippen LogP contribution in [-0.4, -0.2) is 0 Å². The van der Waals surface area contributed by atoms with Crippen molar-refractivity contribution in [2.75, 3.05) is 0 Å². The highest BCUT2D eigenvalue weighted by Gasteiger charge is 2.31. The average molecular weight is 507 g/mol. The fraction of sp³-hybridized carbons (Fsp3) is 0.0500.